The number of nitrogens with zero attached hydrogens (tertiary/aromatic N) is 2. The summed E-state index contributed by atoms with van der Waals surface area (Å²) in [5.41, 5.74) is -0.581. The number of esters is 1. The van der Waals surface area contributed by atoms with Gasteiger partial charge in [0.2, 0.25) is 5.91 Å². The molecule has 1 aromatic rings. The minimum atomic E-state index is -0.721. The molecule has 0 aromatic carbocycles. The zero-order chi connectivity index (χ0) is 15.4. The summed E-state index contributed by atoms with van der Waals surface area (Å²) in [6.45, 7) is 2.69. The van der Waals surface area contributed by atoms with Crippen molar-refractivity contribution in [1.29, 1.82) is 0 Å². The van der Waals surface area contributed by atoms with Gasteiger partial charge in [0.25, 0.3) is 0 Å². The van der Waals surface area contributed by atoms with Gasteiger partial charge < -0.3 is 19.5 Å². The van der Waals surface area contributed by atoms with Crippen LogP contribution in [-0.4, -0.2) is 40.9 Å². The second kappa shape index (κ2) is 6.46. The maximum Gasteiger partial charge on any atom is 0.351 e. The minimum Gasteiger partial charge on any atom is -0.460 e. The first-order valence-electron chi connectivity index (χ1n) is 6.23. The summed E-state index contributed by atoms with van der Waals surface area (Å²) in [7, 11) is 0. The summed E-state index contributed by atoms with van der Waals surface area (Å²) in [5.74, 6) is -0.593. The first kappa shape index (κ1) is 15.1. The molecule has 1 fully saturated rings. The van der Waals surface area contributed by atoms with Crippen molar-refractivity contribution < 1.29 is 23.8 Å². The number of nitrogens with one attached hydrogen (secondary N) is 1. The van der Waals surface area contributed by atoms with E-state index in [0.717, 1.165) is 0 Å². The Bertz CT molecular complexity index is 599. The van der Waals surface area contributed by atoms with Gasteiger partial charge in [0.1, 0.15) is 12.4 Å². The maximum absolute atomic E-state index is 11.9. The van der Waals surface area contributed by atoms with Crippen LogP contribution in [0.5, 0.6) is 0 Å². The Morgan fingerprint density at radius 2 is 2.29 bits per heavy atom. The van der Waals surface area contributed by atoms with E-state index in [1.165, 1.54) is 30.7 Å². The summed E-state index contributed by atoms with van der Waals surface area (Å²) >= 11 is 0. The zero-order valence-corrected chi connectivity index (χ0v) is 11.6. The fourth-order valence-corrected chi connectivity index (χ4v) is 1.74. The van der Waals surface area contributed by atoms with Gasteiger partial charge in [-0.15, -0.1) is 0 Å². The van der Waals surface area contributed by atoms with E-state index >= 15 is 0 Å². The number of anilines is 1. The molecule has 1 aromatic heterocycles. The standard InChI is InChI=1S/C12H15N3O6/c1-7(16)13-9-3-4-15(12(18)14-9)10-5-20-11(21-10)6-19-8(2)17/h3-4,10-11H,5-6H2,1-2H3,(H,13,14,16,18)/t10-,11-/m0/s1. The largest absolute Gasteiger partial charge is 0.460 e. The zero-order valence-electron chi connectivity index (χ0n) is 11.6. The molecule has 0 bridgehead atoms. The van der Waals surface area contributed by atoms with Gasteiger partial charge in [-0.2, -0.15) is 4.98 Å². The molecule has 9 heteroatoms. The quantitative estimate of drug-likeness (QED) is 0.755. The number of carbonyl (C=O) groups is 2. The first-order valence-corrected chi connectivity index (χ1v) is 6.23. The molecule has 21 heavy (non-hydrogen) atoms. The van der Waals surface area contributed by atoms with Gasteiger partial charge in [-0.3, -0.25) is 14.2 Å². The molecule has 2 rings (SSSR count). The maximum atomic E-state index is 11.9. The highest BCUT2D eigenvalue weighted by Gasteiger charge is 2.29. The highest BCUT2D eigenvalue weighted by molar-refractivity contribution is 5.87. The Morgan fingerprint density at radius 3 is 2.90 bits per heavy atom. The summed E-state index contributed by atoms with van der Waals surface area (Å²) in [4.78, 5) is 37.2. The molecule has 1 saturated heterocycles. The highest BCUT2D eigenvalue weighted by atomic mass is 16.7. The van der Waals surface area contributed by atoms with Crippen molar-refractivity contribution in [2.75, 3.05) is 18.5 Å². The van der Waals surface area contributed by atoms with Crippen molar-refractivity contribution in [2.45, 2.75) is 26.4 Å². The van der Waals surface area contributed by atoms with Gasteiger partial charge in [0.05, 0.1) is 6.61 Å². The second-order valence-corrected chi connectivity index (χ2v) is 4.34. The van der Waals surface area contributed by atoms with Gasteiger partial charge in [-0.25, -0.2) is 4.79 Å². The van der Waals surface area contributed by atoms with Crippen LogP contribution in [0.1, 0.15) is 20.1 Å². The number of ether oxygens (including phenoxy) is 3. The van der Waals surface area contributed by atoms with Crippen molar-refractivity contribution in [2.24, 2.45) is 0 Å². The third-order valence-corrected chi connectivity index (χ3v) is 2.60. The molecule has 0 saturated carbocycles. The van der Waals surface area contributed by atoms with Crippen LogP contribution in [0.4, 0.5) is 5.82 Å². The summed E-state index contributed by atoms with van der Waals surface area (Å²) in [5, 5.41) is 2.41. The van der Waals surface area contributed by atoms with Crippen molar-refractivity contribution in [3.8, 4) is 0 Å². The third-order valence-electron chi connectivity index (χ3n) is 2.60. The van der Waals surface area contributed by atoms with E-state index in [-0.39, 0.29) is 24.9 Å². The molecule has 0 spiro atoms. The minimum absolute atomic E-state index is 0.0437. The SMILES string of the molecule is CC(=O)Nc1ccn([C@@H]2CO[C@H](COC(C)=O)O2)c(=O)n1. The molecule has 2 heterocycles. The highest BCUT2D eigenvalue weighted by Crippen LogP contribution is 2.19. The van der Waals surface area contributed by atoms with Crippen molar-refractivity contribution in [1.82, 2.24) is 9.55 Å². The lowest BCUT2D eigenvalue weighted by molar-refractivity contribution is -0.156. The molecule has 1 N–H and O–H groups in total. The molecular weight excluding hydrogens is 282 g/mol. The number of hydrogen-bond acceptors (Lipinski definition) is 7. The van der Waals surface area contributed by atoms with Gasteiger partial charge in [0, 0.05) is 20.0 Å². The Hall–Kier alpha value is -2.26. The Balaban J connectivity index is 2.01. The first-order chi connectivity index (χ1) is 9.95. The van der Waals surface area contributed by atoms with E-state index in [2.05, 4.69) is 10.3 Å². The van der Waals surface area contributed by atoms with Gasteiger partial charge in [-0.1, -0.05) is 0 Å². The van der Waals surface area contributed by atoms with Gasteiger partial charge in [0.15, 0.2) is 12.5 Å². The van der Waals surface area contributed by atoms with E-state index in [1.54, 1.807) is 0 Å². The van der Waals surface area contributed by atoms with Crippen LogP contribution < -0.4 is 11.0 Å². The molecule has 9 nitrogen and oxygen atoms in total. The van der Waals surface area contributed by atoms with E-state index in [4.69, 9.17) is 14.2 Å². The Kier molecular flexibility index (Phi) is 4.66. The third kappa shape index (κ3) is 4.10. The van der Waals surface area contributed by atoms with Crippen LogP contribution >= 0.6 is 0 Å². The molecule has 1 amide bonds. The lowest BCUT2D eigenvalue weighted by atomic mass is 10.5. The van der Waals surface area contributed by atoms with Crippen LogP contribution in [0, 0.1) is 0 Å². The molecule has 0 radical (unpaired) electrons. The Labute approximate surface area is 119 Å². The van der Waals surface area contributed by atoms with Crippen molar-refractivity contribution >= 4 is 17.7 Å². The molecule has 0 unspecified atom stereocenters. The van der Waals surface area contributed by atoms with E-state index < -0.39 is 24.2 Å². The topological polar surface area (TPSA) is 109 Å². The number of rotatable bonds is 4. The summed E-state index contributed by atoms with van der Waals surface area (Å²) in [6, 6.07) is 1.48. The van der Waals surface area contributed by atoms with E-state index in [1.807, 2.05) is 0 Å². The lowest BCUT2D eigenvalue weighted by Gasteiger charge is -2.13. The number of amides is 1. The average molecular weight is 297 g/mol. The van der Waals surface area contributed by atoms with Crippen LogP contribution in [-0.2, 0) is 23.8 Å². The van der Waals surface area contributed by atoms with Crippen LogP contribution in [0.3, 0.4) is 0 Å². The predicted molar refractivity (Wildman–Crippen MR) is 69.3 cm³/mol. The predicted octanol–water partition coefficient (Wildman–Crippen LogP) is -0.364. The fraction of sp³-hybridized carbons (Fsp3) is 0.500. The van der Waals surface area contributed by atoms with E-state index in [9.17, 15) is 14.4 Å². The molecular formula is C12H15N3O6. The number of hydrogen-bond donors (Lipinski definition) is 1. The smallest absolute Gasteiger partial charge is 0.351 e. The van der Waals surface area contributed by atoms with E-state index in [0.29, 0.717) is 0 Å². The Morgan fingerprint density at radius 1 is 1.52 bits per heavy atom. The molecule has 0 aliphatic carbocycles. The van der Waals surface area contributed by atoms with Crippen LogP contribution in [0.25, 0.3) is 0 Å². The monoisotopic (exact) mass is 297 g/mol. The van der Waals surface area contributed by atoms with Crippen molar-refractivity contribution in [3.63, 3.8) is 0 Å². The summed E-state index contributed by atoms with van der Waals surface area (Å²) in [6.07, 6.45) is 0.0702. The van der Waals surface area contributed by atoms with Gasteiger partial charge in [-0.05, 0) is 6.07 Å². The molecule has 114 valence electrons. The normalized spacial score (nSPS) is 21.0. The molecule has 1 aliphatic rings. The second-order valence-electron chi connectivity index (χ2n) is 4.34. The molecule has 1 aliphatic heterocycles. The van der Waals surface area contributed by atoms with Crippen LogP contribution in [0.2, 0.25) is 0 Å². The fourth-order valence-electron chi connectivity index (χ4n) is 1.74. The molecule has 2 atom stereocenters. The summed E-state index contributed by atoms with van der Waals surface area (Å²) < 4.78 is 16.7. The average Bonchev–Trinajstić information content (AvgIpc) is 2.84. The number of aromatic nitrogens is 2. The van der Waals surface area contributed by atoms with Gasteiger partial charge >= 0.3 is 11.7 Å². The lowest BCUT2D eigenvalue weighted by Crippen LogP contribution is -2.29. The van der Waals surface area contributed by atoms with Crippen molar-refractivity contribution in [3.05, 3.63) is 22.7 Å². The van der Waals surface area contributed by atoms with Crippen LogP contribution in [0.15, 0.2) is 17.1 Å². The number of carbonyl (C=O) groups excluding carboxylic acids is 2.